The summed E-state index contributed by atoms with van der Waals surface area (Å²) in [4.78, 5) is 18.6. The molecule has 0 fully saturated rings. The average Bonchev–Trinajstić information content (AvgIpc) is 3.21. The maximum Gasteiger partial charge on any atom is 0.212 e. The number of nitriles is 1. The minimum absolute atomic E-state index is 0.104. The highest BCUT2D eigenvalue weighted by Gasteiger charge is 2.33. The molecule has 28 heavy (non-hydrogen) atoms. The third-order valence-electron chi connectivity index (χ3n) is 5.01. The van der Waals surface area contributed by atoms with Crippen LogP contribution < -0.4 is 10.5 Å². The number of pyridine rings is 1. The van der Waals surface area contributed by atoms with Crippen molar-refractivity contribution < 1.29 is 9.53 Å². The molecule has 0 radical (unpaired) electrons. The SMILES string of the molecule is COc1ccc(-c2c3c(nc4sc(C#N)c(N)c24)C(=O)c2ccccc2-3)cc1. The Kier molecular flexibility index (Phi) is 3.48. The van der Waals surface area contributed by atoms with Crippen LogP contribution in [-0.4, -0.2) is 17.9 Å². The molecule has 6 heteroatoms. The van der Waals surface area contributed by atoms with Crippen LogP contribution in [0.15, 0.2) is 48.5 Å². The van der Waals surface area contributed by atoms with E-state index >= 15 is 0 Å². The second-order valence-corrected chi connectivity index (χ2v) is 7.45. The maximum atomic E-state index is 13.0. The highest BCUT2D eigenvalue weighted by molar-refractivity contribution is 7.20. The molecule has 5 rings (SSSR count). The number of hydrogen-bond acceptors (Lipinski definition) is 6. The van der Waals surface area contributed by atoms with Crippen LogP contribution in [0, 0.1) is 11.3 Å². The Morgan fingerprint density at radius 3 is 2.46 bits per heavy atom. The van der Waals surface area contributed by atoms with Crippen molar-refractivity contribution in [1.29, 1.82) is 5.26 Å². The molecule has 0 aliphatic heterocycles. The highest BCUT2D eigenvalue weighted by atomic mass is 32.1. The van der Waals surface area contributed by atoms with Gasteiger partial charge < -0.3 is 10.5 Å². The lowest BCUT2D eigenvalue weighted by molar-refractivity contribution is 0.103. The topological polar surface area (TPSA) is 89.0 Å². The van der Waals surface area contributed by atoms with Gasteiger partial charge in [-0.2, -0.15) is 5.26 Å². The third kappa shape index (κ3) is 2.11. The molecule has 2 N–H and O–H groups in total. The maximum absolute atomic E-state index is 13.0. The summed E-state index contributed by atoms with van der Waals surface area (Å²) in [7, 11) is 1.61. The molecule has 2 aromatic heterocycles. The van der Waals surface area contributed by atoms with E-state index in [-0.39, 0.29) is 5.78 Å². The molecule has 2 heterocycles. The Morgan fingerprint density at radius 1 is 1.07 bits per heavy atom. The van der Waals surface area contributed by atoms with E-state index in [4.69, 9.17) is 10.5 Å². The van der Waals surface area contributed by atoms with Crippen molar-refractivity contribution in [3.63, 3.8) is 0 Å². The van der Waals surface area contributed by atoms with Crippen molar-refractivity contribution in [2.24, 2.45) is 0 Å². The first-order valence-corrected chi connectivity index (χ1v) is 9.40. The van der Waals surface area contributed by atoms with Gasteiger partial charge in [-0.25, -0.2) is 4.98 Å². The Morgan fingerprint density at radius 2 is 1.79 bits per heavy atom. The van der Waals surface area contributed by atoms with Gasteiger partial charge in [-0.05, 0) is 23.3 Å². The van der Waals surface area contributed by atoms with E-state index < -0.39 is 0 Å². The van der Waals surface area contributed by atoms with E-state index in [0.29, 0.717) is 26.7 Å². The number of nitrogens with two attached hydrogens (primary N) is 1. The predicted molar refractivity (Wildman–Crippen MR) is 110 cm³/mol. The molecule has 1 aliphatic carbocycles. The lowest BCUT2D eigenvalue weighted by Gasteiger charge is -2.12. The predicted octanol–water partition coefficient (Wildman–Crippen LogP) is 4.64. The molecule has 1 aliphatic rings. The van der Waals surface area contributed by atoms with Gasteiger partial charge >= 0.3 is 0 Å². The molecule has 4 aromatic rings. The largest absolute Gasteiger partial charge is 0.497 e. The summed E-state index contributed by atoms with van der Waals surface area (Å²) in [5.74, 6) is 0.630. The number of thiophene rings is 1. The summed E-state index contributed by atoms with van der Waals surface area (Å²) in [6.07, 6.45) is 0. The number of nitrogens with zero attached hydrogens (tertiary/aromatic N) is 2. The van der Waals surface area contributed by atoms with Crippen LogP contribution in [0.2, 0.25) is 0 Å². The molecule has 0 atom stereocenters. The molecule has 2 aromatic carbocycles. The Hall–Kier alpha value is -3.69. The summed E-state index contributed by atoms with van der Waals surface area (Å²) in [5, 5.41) is 10.2. The summed E-state index contributed by atoms with van der Waals surface area (Å²) >= 11 is 1.21. The Labute approximate surface area is 164 Å². The molecule has 134 valence electrons. The number of carbonyl (C=O) groups excluding carboxylic acids is 1. The zero-order valence-corrected chi connectivity index (χ0v) is 15.6. The van der Waals surface area contributed by atoms with Gasteiger partial charge in [0, 0.05) is 22.1 Å². The number of methoxy groups -OCH3 is 1. The van der Waals surface area contributed by atoms with Crippen molar-refractivity contribution >= 4 is 33.0 Å². The number of nitrogen functional groups attached to an aromatic ring is 1. The monoisotopic (exact) mass is 383 g/mol. The van der Waals surface area contributed by atoms with E-state index in [0.717, 1.165) is 33.4 Å². The Balaban J connectivity index is 1.96. The standard InChI is InChI=1S/C22H13N3O2S/c1-27-12-8-6-11(7-9-12)16-17-13-4-2-3-5-14(13)21(26)20(17)25-22-18(16)19(24)15(10-23)28-22/h2-9H,24H2,1H3. The summed E-state index contributed by atoms with van der Waals surface area (Å²) in [6, 6.07) is 17.2. The minimum Gasteiger partial charge on any atom is -0.497 e. The highest BCUT2D eigenvalue weighted by Crippen LogP contribution is 2.49. The average molecular weight is 383 g/mol. The number of anilines is 1. The van der Waals surface area contributed by atoms with Gasteiger partial charge in [-0.3, -0.25) is 4.79 Å². The lowest BCUT2D eigenvalue weighted by atomic mass is 9.93. The number of aromatic nitrogens is 1. The van der Waals surface area contributed by atoms with Crippen LogP contribution in [0.3, 0.4) is 0 Å². The second-order valence-electron chi connectivity index (χ2n) is 6.45. The molecule has 0 saturated carbocycles. The van der Waals surface area contributed by atoms with Crippen LogP contribution >= 0.6 is 11.3 Å². The van der Waals surface area contributed by atoms with Crippen LogP contribution in [-0.2, 0) is 0 Å². The van der Waals surface area contributed by atoms with Crippen LogP contribution in [0.5, 0.6) is 5.75 Å². The van der Waals surface area contributed by atoms with Crippen molar-refractivity contribution in [3.05, 3.63) is 64.7 Å². The van der Waals surface area contributed by atoms with Crippen molar-refractivity contribution in [1.82, 2.24) is 4.98 Å². The minimum atomic E-state index is -0.104. The van der Waals surface area contributed by atoms with Gasteiger partial charge in [0.2, 0.25) is 5.78 Å². The molecule has 0 spiro atoms. The summed E-state index contributed by atoms with van der Waals surface area (Å²) in [5.41, 5.74) is 11.1. The zero-order valence-electron chi connectivity index (χ0n) is 14.8. The van der Waals surface area contributed by atoms with Gasteiger partial charge in [-0.15, -0.1) is 11.3 Å². The van der Waals surface area contributed by atoms with Gasteiger partial charge in [0.25, 0.3) is 0 Å². The fraction of sp³-hybridized carbons (Fsp3) is 0.0455. The first-order valence-electron chi connectivity index (χ1n) is 8.58. The van der Waals surface area contributed by atoms with E-state index in [1.807, 2.05) is 48.5 Å². The molecular weight excluding hydrogens is 370 g/mol. The fourth-order valence-electron chi connectivity index (χ4n) is 3.74. The summed E-state index contributed by atoms with van der Waals surface area (Å²) in [6.45, 7) is 0. The van der Waals surface area contributed by atoms with E-state index in [9.17, 15) is 10.1 Å². The summed E-state index contributed by atoms with van der Waals surface area (Å²) < 4.78 is 5.27. The van der Waals surface area contributed by atoms with Gasteiger partial charge in [0.1, 0.15) is 27.2 Å². The molecule has 0 amide bonds. The van der Waals surface area contributed by atoms with Crippen molar-refractivity contribution in [2.75, 3.05) is 12.8 Å². The van der Waals surface area contributed by atoms with Crippen molar-refractivity contribution in [3.8, 4) is 34.1 Å². The quantitative estimate of drug-likeness (QED) is 0.480. The third-order valence-corrected chi connectivity index (χ3v) is 6.02. The van der Waals surface area contributed by atoms with Gasteiger partial charge in [-0.1, -0.05) is 36.4 Å². The number of ether oxygens (including phenoxy) is 1. The lowest BCUT2D eigenvalue weighted by Crippen LogP contribution is -1.99. The number of ketones is 1. The smallest absolute Gasteiger partial charge is 0.212 e. The number of hydrogen-bond donors (Lipinski definition) is 1. The molecule has 0 saturated heterocycles. The fourth-order valence-corrected chi connectivity index (χ4v) is 4.64. The number of carbonyl (C=O) groups is 1. The molecule has 0 bridgehead atoms. The van der Waals surface area contributed by atoms with Crippen LogP contribution in [0.1, 0.15) is 20.9 Å². The Bertz CT molecular complexity index is 1330. The van der Waals surface area contributed by atoms with Crippen LogP contribution in [0.25, 0.3) is 32.5 Å². The van der Waals surface area contributed by atoms with E-state index in [2.05, 4.69) is 11.1 Å². The van der Waals surface area contributed by atoms with E-state index in [1.54, 1.807) is 7.11 Å². The van der Waals surface area contributed by atoms with Crippen molar-refractivity contribution in [2.45, 2.75) is 0 Å². The number of rotatable bonds is 2. The second kappa shape index (κ2) is 5.91. The molecular formula is C22H13N3O2S. The van der Waals surface area contributed by atoms with Gasteiger partial charge in [0.15, 0.2) is 0 Å². The zero-order chi connectivity index (χ0) is 19.4. The van der Waals surface area contributed by atoms with Crippen LogP contribution in [0.4, 0.5) is 5.69 Å². The number of benzene rings is 2. The first kappa shape index (κ1) is 16.5. The van der Waals surface area contributed by atoms with E-state index in [1.165, 1.54) is 11.3 Å². The van der Waals surface area contributed by atoms with Gasteiger partial charge in [0.05, 0.1) is 12.8 Å². The normalized spacial score (nSPS) is 11.9. The molecule has 0 unspecified atom stereocenters. The molecule has 5 nitrogen and oxygen atoms in total. The first-order chi connectivity index (χ1) is 13.6. The number of fused-ring (bicyclic) bond motifs is 4.